The van der Waals surface area contributed by atoms with Crippen LogP contribution in [0.25, 0.3) is 0 Å². The summed E-state index contributed by atoms with van der Waals surface area (Å²) in [6, 6.07) is 9.66. The van der Waals surface area contributed by atoms with Crippen LogP contribution in [-0.2, 0) is 11.2 Å². The van der Waals surface area contributed by atoms with E-state index < -0.39 is 6.04 Å². The first-order chi connectivity index (χ1) is 9.25. The molecule has 0 aliphatic carbocycles. The van der Waals surface area contributed by atoms with Gasteiger partial charge in [-0.3, -0.25) is 9.79 Å². The largest absolute Gasteiger partial charge is 0.372 e. The summed E-state index contributed by atoms with van der Waals surface area (Å²) in [6.45, 7) is 1.41. The maximum atomic E-state index is 11.8. The highest BCUT2D eigenvalue weighted by atomic mass is 16.2. The van der Waals surface area contributed by atoms with Gasteiger partial charge in [0, 0.05) is 12.6 Å². The number of carbonyl (C=O) groups is 1. The second-order valence-electron chi connectivity index (χ2n) is 4.73. The van der Waals surface area contributed by atoms with E-state index in [2.05, 4.69) is 15.6 Å². The standard InChI is InChI=1S/C14H20N4O/c15-13(8-11-4-2-1-3-5-11)14(19)17-7-6-12-9-16-10-18-12/h1-5,10,12-13H,6-9,15H2,(H,16,18)(H,17,19)/t12?,13-/m0/s1. The Balaban J connectivity index is 1.67. The van der Waals surface area contributed by atoms with Gasteiger partial charge in [0.2, 0.25) is 5.91 Å². The van der Waals surface area contributed by atoms with E-state index in [4.69, 9.17) is 5.73 Å². The molecule has 1 aliphatic heterocycles. The van der Waals surface area contributed by atoms with Crippen molar-refractivity contribution < 1.29 is 4.79 Å². The average Bonchev–Trinajstić information content (AvgIpc) is 2.93. The molecule has 0 radical (unpaired) electrons. The van der Waals surface area contributed by atoms with E-state index in [9.17, 15) is 4.79 Å². The molecule has 0 spiro atoms. The Hall–Kier alpha value is -1.88. The fourth-order valence-corrected chi connectivity index (χ4v) is 2.03. The van der Waals surface area contributed by atoms with Crippen LogP contribution in [0.15, 0.2) is 35.3 Å². The smallest absolute Gasteiger partial charge is 0.237 e. The molecule has 0 fully saturated rings. The Morgan fingerprint density at radius 1 is 1.47 bits per heavy atom. The molecule has 0 bridgehead atoms. The second kappa shape index (κ2) is 6.89. The fraction of sp³-hybridized carbons (Fsp3) is 0.429. The third kappa shape index (κ3) is 4.37. The molecule has 1 amide bonds. The highest BCUT2D eigenvalue weighted by Gasteiger charge is 2.15. The maximum Gasteiger partial charge on any atom is 0.237 e. The molecule has 102 valence electrons. The van der Waals surface area contributed by atoms with Crippen molar-refractivity contribution in [3.63, 3.8) is 0 Å². The zero-order valence-electron chi connectivity index (χ0n) is 10.9. The van der Waals surface area contributed by atoms with Crippen LogP contribution in [0.5, 0.6) is 0 Å². The minimum absolute atomic E-state index is 0.0947. The van der Waals surface area contributed by atoms with E-state index in [1.165, 1.54) is 0 Å². The summed E-state index contributed by atoms with van der Waals surface area (Å²) in [5.41, 5.74) is 6.97. The number of benzene rings is 1. The lowest BCUT2D eigenvalue weighted by atomic mass is 10.1. The topological polar surface area (TPSA) is 79.5 Å². The minimum atomic E-state index is -0.491. The number of nitrogens with zero attached hydrogens (tertiary/aromatic N) is 1. The van der Waals surface area contributed by atoms with Crippen LogP contribution in [0.1, 0.15) is 12.0 Å². The first-order valence-electron chi connectivity index (χ1n) is 6.57. The van der Waals surface area contributed by atoms with Crippen molar-refractivity contribution in [3.8, 4) is 0 Å². The van der Waals surface area contributed by atoms with E-state index >= 15 is 0 Å². The van der Waals surface area contributed by atoms with Crippen LogP contribution in [0.2, 0.25) is 0 Å². The summed E-state index contributed by atoms with van der Waals surface area (Å²) < 4.78 is 0. The Morgan fingerprint density at radius 2 is 2.26 bits per heavy atom. The highest BCUT2D eigenvalue weighted by Crippen LogP contribution is 2.02. The van der Waals surface area contributed by atoms with Crippen molar-refractivity contribution in [2.75, 3.05) is 13.1 Å². The molecule has 5 heteroatoms. The molecule has 2 atom stereocenters. The van der Waals surface area contributed by atoms with Crippen LogP contribution < -0.4 is 16.4 Å². The zero-order valence-corrected chi connectivity index (χ0v) is 10.9. The molecule has 4 N–H and O–H groups in total. The molecule has 2 rings (SSSR count). The van der Waals surface area contributed by atoms with Crippen LogP contribution in [-0.4, -0.2) is 37.4 Å². The molecule has 0 saturated heterocycles. The van der Waals surface area contributed by atoms with Crippen molar-refractivity contribution in [1.29, 1.82) is 0 Å². The summed E-state index contributed by atoms with van der Waals surface area (Å²) in [7, 11) is 0. The van der Waals surface area contributed by atoms with Crippen molar-refractivity contribution in [2.24, 2.45) is 10.7 Å². The maximum absolute atomic E-state index is 11.8. The number of carbonyl (C=O) groups excluding carboxylic acids is 1. The number of rotatable bonds is 6. The number of nitrogens with one attached hydrogen (secondary N) is 2. The second-order valence-corrected chi connectivity index (χ2v) is 4.73. The number of amides is 1. The molecule has 0 aromatic heterocycles. The Bertz CT molecular complexity index is 424. The lowest BCUT2D eigenvalue weighted by molar-refractivity contribution is -0.122. The van der Waals surface area contributed by atoms with Gasteiger partial charge in [0.25, 0.3) is 0 Å². The van der Waals surface area contributed by atoms with Crippen LogP contribution in [0.3, 0.4) is 0 Å². The monoisotopic (exact) mass is 260 g/mol. The SMILES string of the molecule is N[C@@H](Cc1ccccc1)C(=O)NCCC1CN=CN1. The molecule has 1 heterocycles. The summed E-state index contributed by atoms with van der Waals surface area (Å²) in [5, 5.41) is 6.00. The summed E-state index contributed by atoms with van der Waals surface area (Å²) in [5.74, 6) is -0.0947. The third-order valence-corrected chi connectivity index (χ3v) is 3.15. The van der Waals surface area contributed by atoms with Crippen molar-refractivity contribution in [3.05, 3.63) is 35.9 Å². The van der Waals surface area contributed by atoms with E-state index in [0.29, 0.717) is 19.0 Å². The number of hydrogen-bond donors (Lipinski definition) is 3. The molecule has 0 saturated carbocycles. The molecule has 1 aromatic rings. The van der Waals surface area contributed by atoms with Gasteiger partial charge in [0.1, 0.15) is 0 Å². The lowest BCUT2D eigenvalue weighted by Gasteiger charge is -2.14. The van der Waals surface area contributed by atoms with Gasteiger partial charge in [-0.15, -0.1) is 0 Å². The molecular weight excluding hydrogens is 240 g/mol. The van der Waals surface area contributed by atoms with E-state index in [-0.39, 0.29) is 5.91 Å². The van der Waals surface area contributed by atoms with Gasteiger partial charge in [-0.05, 0) is 18.4 Å². The van der Waals surface area contributed by atoms with Gasteiger partial charge in [0.05, 0.1) is 18.9 Å². The van der Waals surface area contributed by atoms with Gasteiger partial charge in [-0.1, -0.05) is 30.3 Å². The number of hydrogen-bond acceptors (Lipinski definition) is 4. The number of aliphatic imine (C=N–C) groups is 1. The van der Waals surface area contributed by atoms with Crippen molar-refractivity contribution in [2.45, 2.75) is 24.9 Å². The summed E-state index contributed by atoms with van der Waals surface area (Å²) in [4.78, 5) is 15.9. The Morgan fingerprint density at radius 3 is 2.95 bits per heavy atom. The van der Waals surface area contributed by atoms with Gasteiger partial charge in [-0.25, -0.2) is 0 Å². The zero-order chi connectivity index (χ0) is 13.5. The average molecular weight is 260 g/mol. The van der Waals surface area contributed by atoms with Crippen LogP contribution >= 0.6 is 0 Å². The number of nitrogens with two attached hydrogens (primary N) is 1. The molecule has 1 unspecified atom stereocenters. The van der Waals surface area contributed by atoms with E-state index in [0.717, 1.165) is 18.5 Å². The fourth-order valence-electron chi connectivity index (χ4n) is 2.03. The normalized spacial score (nSPS) is 18.9. The minimum Gasteiger partial charge on any atom is -0.372 e. The molecule has 1 aliphatic rings. The molecular formula is C14H20N4O. The van der Waals surface area contributed by atoms with E-state index in [1.54, 1.807) is 6.34 Å². The predicted molar refractivity (Wildman–Crippen MR) is 76.0 cm³/mol. The van der Waals surface area contributed by atoms with Gasteiger partial charge >= 0.3 is 0 Å². The summed E-state index contributed by atoms with van der Waals surface area (Å²) in [6.07, 6.45) is 3.15. The molecule has 1 aromatic carbocycles. The predicted octanol–water partition coefficient (Wildman–Crippen LogP) is 0.0628. The van der Waals surface area contributed by atoms with E-state index in [1.807, 2.05) is 30.3 Å². The summed E-state index contributed by atoms with van der Waals surface area (Å²) >= 11 is 0. The molecule has 5 nitrogen and oxygen atoms in total. The van der Waals surface area contributed by atoms with Crippen LogP contribution in [0, 0.1) is 0 Å². The molecule has 19 heavy (non-hydrogen) atoms. The quantitative estimate of drug-likeness (QED) is 0.677. The Labute approximate surface area is 113 Å². The highest BCUT2D eigenvalue weighted by molar-refractivity contribution is 5.81. The van der Waals surface area contributed by atoms with Crippen LogP contribution in [0.4, 0.5) is 0 Å². The van der Waals surface area contributed by atoms with Gasteiger partial charge < -0.3 is 16.4 Å². The van der Waals surface area contributed by atoms with Gasteiger partial charge in [0.15, 0.2) is 0 Å². The first-order valence-corrected chi connectivity index (χ1v) is 6.57. The van der Waals surface area contributed by atoms with Gasteiger partial charge in [-0.2, -0.15) is 0 Å². The van der Waals surface area contributed by atoms with Crippen molar-refractivity contribution >= 4 is 12.2 Å². The van der Waals surface area contributed by atoms with Crippen molar-refractivity contribution in [1.82, 2.24) is 10.6 Å². The lowest BCUT2D eigenvalue weighted by Crippen LogP contribution is -2.43. The Kier molecular flexibility index (Phi) is 4.92. The third-order valence-electron chi connectivity index (χ3n) is 3.15. The first kappa shape index (κ1) is 13.5.